The molecular formula is C10H13NO2S. The third-order valence-electron chi connectivity index (χ3n) is 1.89. The third-order valence-corrected chi connectivity index (χ3v) is 2.86. The van der Waals surface area contributed by atoms with Crippen molar-refractivity contribution in [2.75, 3.05) is 12.4 Å². The lowest BCUT2D eigenvalue weighted by molar-refractivity contribution is -0.109. The summed E-state index contributed by atoms with van der Waals surface area (Å²) in [5.41, 5.74) is 1.02. The molecule has 0 aliphatic carbocycles. The zero-order chi connectivity index (χ0) is 10.4. The van der Waals surface area contributed by atoms with Crippen molar-refractivity contribution in [3.63, 3.8) is 0 Å². The van der Waals surface area contributed by atoms with Crippen LogP contribution in [-0.2, 0) is 4.79 Å². The fourth-order valence-corrected chi connectivity index (χ4v) is 1.84. The molecule has 0 radical (unpaired) electrons. The molecule has 0 saturated heterocycles. The third kappa shape index (κ3) is 3.47. The molecule has 1 atom stereocenters. The average molecular weight is 211 g/mol. The van der Waals surface area contributed by atoms with Crippen molar-refractivity contribution in [1.29, 1.82) is 0 Å². The fraction of sp³-hybridized carbons (Fsp3) is 0.400. The van der Waals surface area contributed by atoms with E-state index in [1.54, 1.807) is 12.4 Å². The SMILES string of the molecule is CC(=O)SCC(CO)c1ccncc1. The van der Waals surface area contributed by atoms with E-state index < -0.39 is 0 Å². The molecule has 1 aromatic heterocycles. The molecule has 0 amide bonds. The standard InChI is InChI=1S/C10H13NO2S/c1-8(13)14-7-10(6-12)9-2-4-11-5-3-9/h2-5,10,12H,6-7H2,1H3. The second-order valence-electron chi connectivity index (χ2n) is 2.96. The number of aromatic nitrogens is 1. The van der Waals surface area contributed by atoms with Crippen LogP contribution >= 0.6 is 11.8 Å². The maximum atomic E-state index is 10.8. The molecule has 1 heterocycles. The summed E-state index contributed by atoms with van der Waals surface area (Å²) < 4.78 is 0. The topological polar surface area (TPSA) is 50.2 Å². The molecule has 1 rings (SSSR count). The first-order valence-electron chi connectivity index (χ1n) is 4.38. The Morgan fingerprint density at radius 2 is 2.21 bits per heavy atom. The van der Waals surface area contributed by atoms with Crippen molar-refractivity contribution >= 4 is 16.9 Å². The summed E-state index contributed by atoms with van der Waals surface area (Å²) >= 11 is 1.24. The van der Waals surface area contributed by atoms with Crippen LogP contribution in [0.3, 0.4) is 0 Å². The van der Waals surface area contributed by atoms with Gasteiger partial charge < -0.3 is 5.11 Å². The average Bonchev–Trinajstić information content (AvgIpc) is 2.20. The van der Waals surface area contributed by atoms with Crippen molar-refractivity contribution in [1.82, 2.24) is 4.98 Å². The van der Waals surface area contributed by atoms with Gasteiger partial charge in [-0.05, 0) is 17.7 Å². The number of thioether (sulfide) groups is 1. The highest BCUT2D eigenvalue weighted by atomic mass is 32.2. The highest BCUT2D eigenvalue weighted by Crippen LogP contribution is 2.19. The van der Waals surface area contributed by atoms with Gasteiger partial charge in [0.2, 0.25) is 0 Å². The number of carbonyl (C=O) groups excluding carboxylic acids is 1. The molecule has 0 bridgehead atoms. The number of aliphatic hydroxyl groups is 1. The maximum Gasteiger partial charge on any atom is 0.185 e. The van der Waals surface area contributed by atoms with Crippen LogP contribution < -0.4 is 0 Å². The summed E-state index contributed by atoms with van der Waals surface area (Å²) in [5.74, 6) is 0.641. The normalized spacial score (nSPS) is 12.4. The Morgan fingerprint density at radius 3 is 2.71 bits per heavy atom. The molecule has 1 aromatic rings. The van der Waals surface area contributed by atoms with E-state index in [4.69, 9.17) is 5.11 Å². The van der Waals surface area contributed by atoms with Crippen molar-refractivity contribution in [3.8, 4) is 0 Å². The largest absolute Gasteiger partial charge is 0.396 e. The monoisotopic (exact) mass is 211 g/mol. The first kappa shape index (κ1) is 11.2. The van der Waals surface area contributed by atoms with Gasteiger partial charge in [0.15, 0.2) is 5.12 Å². The molecule has 0 aromatic carbocycles. The Bertz CT molecular complexity index is 289. The second-order valence-corrected chi connectivity index (χ2v) is 4.16. The van der Waals surface area contributed by atoms with E-state index in [1.807, 2.05) is 12.1 Å². The molecule has 3 nitrogen and oxygen atoms in total. The Balaban J connectivity index is 2.58. The van der Waals surface area contributed by atoms with Gasteiger partial charge >= 0.3 is 0 Å². The van der Waals surface area contributed by atoms with E-state index in [2.05, 4.69) is 4.98 Å². The van der Waals surface area contributed by atoms with Crippen LogP contribution in [0.1, 0.15) is 18.4 Å². The van der Waals surface area contributed by atoms with Gasteiger partial charge in [0.1, 0.15) is 0 Å². The van der Waals surface area contributed by atoms with Gasteiger partial charge in [-0.2, -0.15) is 0 Å². The Morgan fingerprint density at radius 1 is 1.57 bits per heavy atom. The predicted molar refractivity (Wildman–Crippen MR) is 57.2 cm³/mol. The van der Waals surface area contributed by atoms with Crippen molar-refractivity contribution in [3.05, 3.63) is 30.1 Å². The van der Waals surface area contributed by atoms with Crippen LogP contribution in [0, 0.1) is 0 Å². The van der Waals surface area contributed by atoms with Crippen LogP contribution in [-0.4, -0.2) is 27.6 Å². The number of hydrogen-bond acceptors (Lipinski definition) is 4. The zero-order valence-corrected chi connectivity index (χ0v) is 8.83. The van der Waals surface area contributed by atoms with Gasteiger partial charge in [-0.15, -0.1) is 0 Å². The van der Waals surface area contributed by atoms with Gasteiger partial charge in [-0.3, -0.25) is 9.78 Å². The summed E-state index contributed by atoms with van der Waals surface area (Å²) in [6, 6.07) is 3.73. The van der Waals surface area contributed by atoms with E-state index in [9.17, 15) is 4.79 Å². The van der Waals surface area contributed by atoms with Gasteiger partial charge in [0, 0.05) is 31.0 Å². The zero-order valence-electron chi connectivity index (χ0n) is 8.01. The number of rotatable bonds is 4. The molecule has 0 saturated carbocycles. The minimum Gasteiger partial charge on any atom is -0.396 e. The van der Waals surface area contributed by atoms with Crippen LogP contribution in [0.25, 0.3) is 0 Å². The summed E-state index contributed by atoms with van der Waals surface area (Å²) in [6.45, 7) is 1.59. The van der Waals surface area contributed by atoms with Gasteiger partial charge in [0.25, 0.3) is 0 Å². The van der Waals surface area contributed by atoms with E-state index >= 15 is 0 Å². The number of aliphatic hydroxyl groups excluding tert-OH is 1. The summed E-state index contributed by atoms with van der Waals surface area (Å²) in [6.07, 6.45) is 3.38. The number of nitrogens with zero attached hydrogens (tertiary/aromatic N) is 1. The molecule has 0 aliphatic rings. The van der Waals surface area contributed by atoms with Gasteiger partial charge in [-0.1, -0.05) is 11.8 Å². The molecule has 14 heavy (non-hydrogen) atoms. The lowest BCUT2D eigenvalue weighted by Crippen LogP contribution is -2.08. The van der Waals surface area contributed by atoms with Crippen LogP contribution in [0.2, 0.25) is 0 Å². The smallest absolute Gasteiger partial charge is 0.185 e. The van der Waals surface area contributed by atoms with E-state index in [-0.39, 0.29) is 17.6 Å². The van der Waals surface area contributed by atoms with Gasteiger partial charge in [0.05, 0.1) is 6.61 Å². The number of pyridine rings is 1. The van der Waals surface area contributed by atoms with Gasteiger partial charge in [-0.25, -0.2) is 0 Å². The number of hydrogen-bond donors (Lipinski definition) is 1. The first-order valence-corrected chi connectivity index (χ1v) is 5.36. The molecule has 4 heteroatoms. The molecule has 1 unspecified atom stereocenters. The van der Waals surface area contributed by atoms with Crippen molar-refractivity contribution in [2.24, 2.45) is 0 Å². The molecule has 0 fully saturated rings. The Labute approximate surface area is 87.6 Å². The van der Waals surface area contributed by atoms with Crippen molar-refractivity contribution < 1.29 is 9.90 Å². The molecular weight excluding hydrogens is 198 g/mol. The molecule has 0 aliphatic heterocycles. The fourth-order valence-electron chi connectivity index (χ4n) is 1.11. The molecule has 1 N–H and O–H groups in total. The minimum absolute atomic E-state index is 0.0203. The highest BCUT2D eigenvalue weighted by Gasteiger charge is 2.11. The lowest BCUT2D eigenvalue weighted by atomic mass is 10.0. The van der Waals surface area contributed by atoms with Crippen LogP contribution in [0.15, 0.2) is 24.5 Å². The number of carbonyl (C=O) groups is 1. The first-order chi connectivity index (χ1) is 6.74. The van der Waals surface area contributed by atoms with E-state index in [0.717, 1.165) is 5.56 Å². The quantitative estimate of drug-likeness (QED) is 0.818. The lowest BCUT2D eigenvalue weighted by Gasteiger charge is -2.12. The molecule has 76 valence electrons. The Hall–Kier alpha value is -0.870. The highest BCUT2D eigenvalue weighted by molar-refractivity contribution is 8.13. The minimum atomic E-state index is 0.0203. The Kier molecular flexibility index (Phi) is 4.62. The maximum absolute atomic E-state index is 10.8. The second kappa shape index (κ2) is 5.78. The molecule has 0 spiro atoms. The summed E-state index contributed by atoms with van der Waals surface area (Å²) in [7, 11) is 0. The van der Waals surface area contributed by atoms with Crippen molar-refractivity contribution in [2.45, 2.75) is 12.8 Å². The summed E-state index contributed by atoms with van der Waals surface area (Å²) in [4.78, 5) is 14.7. The predicted octanol–water partition coefficient (Wildman–Crippen LogP) is 1.44. The van der Waals surface area contributed by atoms with E-state index in [1.165, 1.54) is 18.7 Å². The van der Waals surface area contributed by atoms with E-state index in [0.29, 0.717) is 5.75 Å². The van der Waals surface area contributed by atoms with Crippen LogP contribution in [0.5, 0.6) is 0 Å². The summed E-state index contributed by atoms with van der Waals surface area (Å²) in [5, 5.41) is 9.23. The van der Waals surface area contributed by atoms with Crippen LogP contribution in [0.4, 0.5) is 0 Å².